The number of nitrogens with two attached hydrogens (primary N) is 1. The molecular formula is C7H15N4OS+. The van der Waals surface area contributed by atoms with Crippen LogP contribution < -0.4 is 11.1 Å². The molecule has 0 aromatic carbocycles. The van der Waals surface area contributed by atoms with Crippen molar-refractivity contribution in [1.29, 1.82) is 0 Å². The fourth-order valence-electron chi connectivity index (χ4n) is 0.646. The highest BCUT2D eigenvalue weighted by Gasteiger charge is 2.09. The minimum atomic E-state index is -0.530. The van der Waals surface area contributed by atoms with Gasteiger partial charge in [-0.2, -0.15) is 12.6 Å². The van der Waals surface area contributed by atoms with Gasteiger partial charge in [0.25, 0.3) is 6.72 Å². The zero-order valence-electron chi connectivity index (χ0n) is 7.44. The summed E-state index contributed by atoms with van der Waals surface area (Å²) < 4.78 is 0. The molecule has 0 heterocycles. The van der Waals surface area contributed by atoms with Crippen molar-refractivity contribution in [2.45, 2.75) is 12.5 Å². The van der Waals surface area contributed by atoms with E-state index in [2.05, 4.69) is 34.6 Å². The topological polar surface area (TPSA) is 81.6 Å². The van der Waals surface area contributed by atoms with Crippen molar-refractivity contribution in [1.82, 2.24) is 5.32 Å². The van der Waals surface area contributed by atoms with Crippen LogP contribution in [-0.4, -0.2) is 42.3 Å². The maximum absolute atomic E-state index is 11.1. The molecule has 0 aromatic rings. The van der Waals surface area contributed by atoms with E-state index in [1.165, 1.54) is 0 Å². The third kappa shape index (κ3) is 6.33. The number of carbonyl (C=O) groups excluding carboxylic acids is 1. The zero-order chi connectivity index (χ0) is 10.1. The van der Waals surface area contributed by atoms with Gasteiger partial charge in [-0.25, -0.2) is 0 Å². The van der Waals surface area contributed by atoms with Gasteiger partial charge in [-0.05, 0) is 6.42 Å². The van der Waals surface area contributed by atoms with E-state index < -0.39 is 6.04 Å². The number of carbonyl (C=O) groups is 1. The average molecular weight is 203 g/mol. The molecule has 0 saturated heterocycles. The molecule has 1 unspecified atom stereocenters. The number of hydrogen-bond acceptors (Lipinski definition) is 4. The SMILES string of the molecule is C=[N+]=NCCCNC(=O)C(N)CS. The van der Waals surface area contributed by atoms with Gasteiger partial charge in [0.15, 0.2) is 0 Å². The lowest BCUT2D eigenvalue weighted by molar-refractivity contribution is -0.121. The maximum atomic E-state index is 11.1. The molecule has 0 fully saturated rings. The van der Waals surface area contributed by atoms with Crippen molar-refractivity contribution < 1.29 is 9.58 Å². The number of thiol groups is 1. The van der Waals surface area contributed by atoms with Gasteiger partial charge >= 0.3 is 0 Å². The van der Waals surface area contributed by atoms with Crippen LogP contribution in [0.25, 0.3) is 0 Å². The minimum absolute atomic E-state index is 0.179. The molecular weight excluding hydrogens is 188 g/mol. The smallest absolute Gasteiger partial charge is 0.295 e. The predicted octanol–water partition coefficient (Wildman–Crippen LogP) is -0.889. The van der Waals surface area contributed by atoms with E-state index in [1.54, 1.807) is 0 Å². The first-order valence-corrected chi connectivity index (χ1v) is 4.62. The van der Waals surface area contributed by atoms with Crippen molar-refractivity contribution in [3.63, 3.8) is 0 Å². The van der Waals surface area contributed by atoms with Crippen LogP contribution in [0.5, 0.6) is 0 Å². The lowest BCUT2D eigenvalue weighted by atomic mass is 10.3. The molecule has 1 amide bonds. The Morgan fingerprint density at radius 3 is 3.00 bits per heavy atom. The Morgan fingerprint density at radius 2 is 2.46 bits per heavy atom. The van der Waals surface area contributed by atoms with Crippen molar-refractivity contribution in [3.05, 3.63) is 0 Å². The van der Waals surface area contributed by atoms with E-state index in [1.807, 2.05) is 0 Å². The molecule has 0 radical (unpaired) electrons. The van der Waals surface area contributed by atoms with Gasteiger partial charge in [-0.3, -0.25) is 4.79 Å². The van der Waals surface area contributed by atoms with Crippen LogP contribution in [0, 0.1) is 0 Å². The number of rotatable bonds is 6. The predicted molar refractivity (Wildman–Crippen MR) is 54.1 cm³/mol. The van der Waals surface area contributed by atoms with Crippen LogP contribution in [0.1, 0.15) is 6.42 Å². The van der Waals surface area contributed by atoms with Gasteiger partial charge in [0, 0.05) is 17.1 Å². The molecule has 1 atom stereocenters. The van der Waals surface area contributed by atoms with E-state index in [9.17, 15) is 4.79 Å². The molecule has 0 aromatic heterocycles. The van der Waals surface area contributed by atoms with Crippen LogP contribution in [0.2, 0.25) is 0 Å². The molecule has 0 aliphatic heterocycles. The fraction of sp³-hybridized carbons (Fsp3) is 0.714. The molecule has 0 spiro atoms. The quantitative estimate of drug-likeness (QED) is 0.172. The third-order valence-corrected chi connectivity index (χ3v) is 1.76. The Balaban J connectivity index is 3.42. The number of nitrogens with zero attached hydrogens (tertiary/aromatic N) is 2. The Kier molecular flexibility index (Phi) is 7.29. The average Bonchev–Trinajstić information content (AvgIpc) is 2.16. The Hall–Kier alpha value is -0.840. The van der Waals surface area contributed by atoms with Crippen LogP contribution in [0.15, 0.2) is 5.11 Å². The third-order valence-electron chi connectivity index (χ3n) is 1.37. The normalized spacial score (nSPS) is 11.5. The highest BCUT2D eigenvalue weighted by Crippen LogP contribution is 1.84. The van der Waals surface area contributed by atoms with Crippen molar-refractivity contribution in [3.8, 4) is 0 Å². The molecule has 0 aliphatic rings. The monoisotopic (exact) mass is 203 g/mol. The second-order valence-electron chi connectivity index (χ2n) is 2.44. The summed E-state index contributed by atoms with van der Waals surface area (Å²) in [6.07, 6.45) is 0.740. The zero-order valence-corrected chi connectivity index (χ0v) is 8.33. The second kappa shape index (κ2) is 7.79. The molecule has 3 N–H and O–H groups in total. The van der Waals surface area contributed by atoms with Gasteiger partial charge in [0.05, 0.1) is 11.2 Å². The van der Waals surface area contributed by atoms with Crippen LogP contribution in [0.4, 0.5) is 0 Å². The highest BCUT2D eigenvalue weighted by atomic mass is 32.1. The molecule has 5 nitrogen and oxygen atoms in total. The van der Waals surface area contributed by atoms with Crippen LogP contribution in [0.3, 0.4) is 0 Å². The molecule has 0 bridgehead atoms. The minimum Gasteiger partial charge on any atom is -0.355 e. The van der Waals surface area contributed by atoms with E-state index in [-0.39, 0.29) is 5.91 Å². The summed E-state index contributed by atoms with van der Waals surface area (Å²) in [5.41, 5.74) is 5.42. The second-order valence-corrected chi connectivity index (χ2v) is 2.81. The Labute approximate surface area is 82.9 Å². The van der Waals surface area contributed by atoms with Crippen LogP contribution >= 0.6 is 12.6 Å². The molecule has 0 rings (SSSR count). The van der Waals surface area contributed by atoms with E-state index in [0.717, 1.165) is 6.42 Å². The van der Waals surface area contributed by atoms with E-state index in [0.29, 0.717) is 18.8 Å². The van der Waals surface area contributed by atoms with Gasteiger partial charge in [0.1, 0.15) is 6.54 Å². The Bertz CT molecular complexity index is 203. The summed E-state index contributed by atoms with van der Waals surface area (Å²) in [6.45, 7) is 4.33. The highest BCUT2D eigenvalue weighted by molar-refractivity contribution is 7.80. The van der Waals surface area contributed by atoms with Crippen molar-refractivity contribution in [2.24, 2.45) is 10.8 Å². The van der Waals surface area contributed by atoms with Gasteiger partial charge in [0.2, 0.25) is 5.91 Å². The summed E-state index contributed by atoms with van der Waals surface area (Å²) in [7, 11) is 0. The molecule has 6 heteroatoms. The van der Waals surface area contributed by atoms with Gasteiger partial charge in [-0.15, -0.1) is 0 Å². The standard InChI is InChI=1S/C7H14N4OS/c1-9-11-4-2-3-10-7(12)6(8)5-13/h6H,1-5,8H2,(H-,10,12,13)/p+1. The summed E-state index contributed by atoms with van der Waals surface area (Å²) >= 11 is 3.91. The molecule has 13 heavy (non-hydrogen) atoms. The molecule has 0 saturated carbocycles. The molecule has 74 valence electrons. The summed E-state index contributed by atoms with van der Waals surface area (Å²) in [4.78, 5) is 14.4. The van der Waals surface area contributed by atoms with Crippen molar-refractivity contribution in [2.75, 3.05) is 18.8 Å². The number of nitrogens with one attached hydrogen (secondary N) is 1. The first kappa shape index (κ1) is 12.2. The van der Waals surface area contributed by atoms with Crippen molar-refractivity contribution >= 4 is 25.3 Å². The Morgan fingerprint density at radius 1 is 1.77 bits per heavy atom. The lowest BCUT2D eigenvalue weighted by Gasteiger charge is -2.07. The van der Waals surface area contributed by atoms with Crippen LogP contribution in [-0.2, 0) is 4.79 Å². The maximum Gasteiger partial charge on any atom is 0.295 e. The van der Waals surface area contributed by atoms with E-state index >= 15 is 0 Å². The first-order chi connectivity index (χ1) is 6.22. The fourth-order valence-corrected chi connectivity index (χ4v) is 0.812. The summed E-state index contributed by atoms with van der Waals surface area (Å²) in [6, 6.07) is -0.530. The summed E-state index contributed by atoms with van der Waals surface area (Å²) in [5, 5.41) is 6.31. The van der Waals surface area contributed by atoms with Gasteiger partial charge < -0.3 is 11.1 Å². The van der Waals surface area contributed by atoms with Gasteiger partial charge in [-0.1, -0.05) is 0 Å². The largest absolute Gasteiger partial charge is 0.355 e. The number of hydrogen-bond donors (Lipinski definition) is 3. The summed E-state index contributed by atoms with van der Waals surface area (Å²) in [5.74, 6) is 0.172. The molecule has 0 aliphatic carbocycles. The first-order valence-electron chi connectivity index (χ1n) is 3.99. The number of amides is 1. The lowest BCUT2D eigenvalue weighted by Crippen LogP contribution is -2.42. The van der Waals surface area contributed by atoms with E-state index in [4.69, 9.17) is 5.73 Å².